The fourth-order valence-corrected chi connectivity index (χ4v) is 3.85. The molecule has 2 heterocycles. The van der Waals surface area contributed by atoms with E-state index in [9.17, 15) is 15.0 Å². The van der Waals surface area contributed by atoms with Crippen LogP contribution in [0, 0.1) is 0 Å². The number of phenols is 2. The molecule has 0 saturated carbocycles. The van der Waals surface area contributed by atoms with Gasteiger partial charge >= 0.3 is 0 Å². The van der Waals surface area contributed by atoms with Gasteiger partial charge in [0.2, 0.25) is 5.75 Å². The molecule has 0 amide bonds. The predicted octanol–water partition coefficient (Wildman–Crippen LogP) is 3.28. The number of unbranched alkanes of at least 4 members (excludes halogenated alkanes) is 1. The summed E-state index contributed by atoms with van der Waals surface area (Å²) < 4.78 is 11.8. The molecule has 0 bridgehead atoms. The van der Waals surface area contributed by atoms with Crippen LogP contribution in [0.5, 0.6) is 17.2 Å². The minimum atomic E-state index is -0.391. The lowest BCUT2D eigenvalue weighted by Crippen LogP contribution is -2.44. The Morgan fingerprint density at radius 1 is 1.00 bits per heavy atom. The van der Waals surface area contributed by atoms with Crippen LogP contribution < -0.4 is 10.2 Å². The van der Waals surface area contributed by atoms with E-state index in [1.807, 2.05) is 30.3 Å². The quantitative estimate of drug-likeness (QED) is 0.563. The van der Waals surface area contributed by atoms with E-state index in [0.29, 0.717) is 12.4 Å². The van der Waals surface area contributed by atoms with Crippen LogP contribution >= 0.6 is 0 Å². The van der Waals surface area contributed by atoms with Crippen molar-refractivity contribution in [2.24, 2.45) is 0 Å². The fraction of sp³-hybridized carbons (Fsp3) is 0.375. The average molecular weight is 424 g/mol. The molecule has 1 aromatic heterocycles. The van der Waals surface area contributed by atoms with Gasteiger partial charge in [-0.1, -0.05) is 30.3 Å². The van der Waals surface area contributed by atoms with Crippen molar-refractivity contribution in [2.75, 3.05) is 46.4 Å². The van der Waals surface area contributed by atoms with Gasteiger partial charge in [-0.3, -0.25) is 4.79 Å². The van der Waals surface area contributed by atoms with Gasteiger partial charge in [0, 0.05) is 43.9 Å². The van der Waals surface area contributed by atoms with Crippen LogP contribution in [0.15, 0.2) is 51.7 Å². The number of fused-ring (bicyclic) bond motifs is 1. The smallest absolute Gasteiger partial charge is 0.205 e. The van der Waals surface area contributed by atoms with Crippen LogP contribution in [0.25, 0.3) is 22.3 Å². The van der Waals surface area contributed by atoms with Gasteiger partial charge in [0.05, 0.1) is 6.61 Å². The third-order valence-electron chi connectivity index (χ3n) is 5.69. The molecule has 1 saturated heterocycles. The van der Waals surface area contributed by atoms with Gasteiger partial charge in [-0.25, -0.2) is 0 Å². The van der Waals surface area contributed by atoms with Crippen LogP contribution in [-0.2, 0) is 0 Å². The maximum atomic E-state index is 12.7. The second-order valence-electron chi connectivity index (χ2n) is 7.99. The molecule has 1 fully saturated rings. The highest BCUT2D eigenvalue weighted by Crippen LogP contribution is 2.40. The number of ether oxygens (including phenoxy) is 1. The van der Waals surface area contributed by atoms with Gasteiger partial charge in [0.15, 0.2) is 16.8 Å². The second kappa shape index (κ2) is 9.41. The van der Waals surface area contributed by atoms with E-state index in [4.69, 9.17) is 9.15 Å². The zero-order valence-electron chi connectivity index (χ0n) is 17.7. The van der Waals surface area contributed by atoms with Crippen LogP contribution in [0.1, 0.15) is 12.8 Å². The first-order valence-electron chi connectivity index (χ1n) is 10.6. The first-order valence-corrected chi connectivity index (χ1v) is 10.6. The van der Waals surface area contributed by atoms with Crippen molar-refractivity contribution in [1.29, 1.82) is 0 Å². The van der Waals surface area contributed by atoms with Gasteiger partial charge in [0.25, 0.3) is 0 Å². The molecule has 0 aliphatic carbocycles. The van der Waals surface area contributed by atoms with Crippen LogP contribution in [0.3, 0.4) is 0 Å². The summed E-state index contributed by atoms with van der Waals surface area (Å²) in [6.07, 6.45) is 1.77. The van der Waals surface area contributed by atoms with Crippen molar-refractivity contribution in [3.63, 3.8) is 0 Å². The second-order valence-corrected chi connectivity index (χ2v) is 7.99. The first kappa shape index (κ1) is 21.2. The molecule has 1 aliphatic heterocycles. The van der Waals surface area contributed by atoms with Gasteiger partial charge < -0.3 is 29.2 Å². The highest BCUT2D eigenvalue weighted by molar-refractivity contribution is 5.91. The molecule has 4 rings (SSSR count). The number of phenolic OH excluding ortho intramolecular Hbond substituents is 2. The number of piperazine rings is 1. The number of rotatable bonds is 7. The van der Waals surface area contributed by atoms with E-state index < -0.39 is 5.43 Å². The lowest BCUT2D eigenvalue weighted by molar-refractivity contribution is 0.149. The van der Waals surface area contributed by atoms with Crippen LogP contribution in [0.4, 0.5) is 0 Å². The Balaban J connectivity index is 1.50. The summed E-state index contributed by atoms with van der Waals surface area (Å²) >= 11 is 0. The highest BCUT2D eigenvalue weighted by atomic mass is 16.5. The molecule has 0 atom stereocenters. The van der Waals surface area contributed by atoms with Crippen molar-refractivity contribution in [3.8, 4) is 28.6 Å². The number of likely N-dealkylation sites (N-methyl/N-ethyl adjacent to an activating group) is 1. The molecular formula is C24H28N2O5. The molecule has 0 radical (unpaired) electrons. The number of nitrogens with zero attached hydrogens (tertiary/aromatic N) is 2. The van der Waals surface area contributed by atoms with E-state index in [1.165, 1.54) is 6.07 Å². The monoisotopic (exact) mass is 424 g/mol. The normalized spacial score (nSPS) is 15.4. The maximum absolute atomic E-state index is 12.7. The first-order chi connectivity index (χ1) is 15.0. The molecule has 7 heteroatoms. The van der Waals surface area contributed by atoms with Gasteiger partial charge in [-0.15, -0.1) is 0 Å². The van der Waals surface area contributed by atoms with E-state index in [-0.39, 0.29) is 28.2 Å². The zero-order valence-corrected chi connectivity index (χ0v) is 17.7. The summed E-state index contributed by atoms with van der Waals surface area (Å²) in [7, 11) is 2.14. The topological polar surface area (TPSA) is 86.4 Å². The predicted molar refractivity (Wildman–Crippen MR) is 120 cm³/mol. The standard InChI is InChI=1S/C24H28N2O5/c1-25-10-12-26(13-11-25)9-5-6-14-30-23-20(29)15-18(27)22-19(28)16-21(31-24(22)23)17-7-3-2-4-8-17/h2-4,7-8,15-16,27,29H,5-6,9-14H2,1H3. The summed E-state index contributed by atoms with van der Waals surface area (Å²) in [6.45, 7) is 5.72. The van der Waals surface area contributed by atoms with Gasteiger partial charge in [-0.05, 0) is 26.4 Å². The minimum Gasteiger partial charge on any atom is -0.507 e. The molecule has 2 aromatic carbocycles. The number of hydrogen-bond donors (Lipinski definition) is 2. The molecule has 164 valence electrons. The van der Waals surface area contributed by atoms with E-state index >= 15 is 0 Å². The third kappa shape index (κ3) is 4.84. The van der Waals surface area contributed by atoms with Crippen molar-refractivity contribution in [3.05, 3.63) is 52.7 Å². The number of hydrogen-bond acceptors (Lipinski definition) is 7. The Hall–Kier alpha value is -3.03. The van der Waals surface area contributed by atoms with Crippen molar-refractivity contribution >= 4 is 11.0 Å². The highest BCUT2D eigenvalue weighted by Gasteiger charge is 2.20. The summed E-state index contributed by atoms with van der Waals surface area (Å²) in [5.41, 5.74) is 0.392. The summed E-state index contributed by atoms with van der Waals surface area (Å²) in [5, 5.41) is 20.6. The van der Waals surface area contributed by atoms with E-state index in [1.54, 1.807) is 0 Å². The molecule has 1 aliphatic rings. The van der Waals surface area contributed by atoms with E-state index in [2.05, 4.69) is 16.8 Å². The number of benzene rings is 2. The maximum Gasteiger partial charge on any atom is 0.205 e. The van der Waals surface area contributed by atoms with Gasteiger partial charge in [0.1, 0.15) is 16.9 Å². The van der Waals surface area contributed by atoms with E-state index in [0.717, 1.165) is 57.2 Å². The SMILES string of the molecule is CN1CCN(CCCCOc2c(O)cc(O)c3c(=O)cc(-c4ccccc4)oc23)CC1. The molecular weight excluding hydrogens is 396 g/mol. The molecule has 0 unspecified atom stereocenters. The molecule has 3 aromatic rings. The summed E-state index contributed by atoms with van der Waals surface area (Å²) in [6, 6.07) is 11.7. The Labute approximate surface area is 181 Å². The van der Waals surface area contributed by atoms with Crippen LogP contribution in [-0.4, -0.2) is 66.4 Å². The summed E-state index contributed by atoms with van der Waals surface area (Å²) in [4.78, 5) is 17.4. The summed E-state index contributed by atoms with van der Waals surface area (Å²) in [5.74, 6) is -0.147. The fourth-order valence-electron chi connectivity index (χ4n) is 3.85. The Kier molecular flexibility index (Phi) is 6.44. The molecule has 0 spiro atoms. The van der Waals surface area contributed by atoms with Gasteiger partial charge in [-0.2, -0.15) is 0 Å². The largest absolute Gasteiger partial charge is 0.507 e. The average Bonchev–Trinajstić information content (AvgIpc) is 2.76. The Bertz CT molecular complexity index is 1090. The van der Waals surface area contributed by atoms with Crippen molar-refractivity contribution < 1.29 is 19.4 Å². The lowest BCUT2D eigenvalue weighted by atomic mass is 10.1. The van der Waals surface area contributed by atoms with Crippen molar-refractivity contribution in [1.82, 2.24) is 9.80 Å². The zero-order chi connectivity index (χ0) is 21.8. The van der Waals surface area contributed by atoms with Crippen molar-refractivity contribution in [2.45, 2.75) is 12.8 Å². The Morgan fingerprint density at radius 3 is 2.48 bits per heavy atom. The molecule has 31 heavy (non-hydrogen) atoms. The Morgan fingerprint density at radius 2 is 1.74 bits per heavy atom. The number of aromatic hydroxyl groups is 2. The lowest BCUT2D eigenvalue weighted by Gasteiger charge is -2.32. The molecule has 2 N–H and O–H groups in total. The third-order valence-corrected chi connectivity index (χ3v) is 5.69. The minimum absolute atomic E-state index is 0.00455. The van der Waals surface area contributed by atoms with Crippen LogP contribution in [0.2, 0.25) is 0 Å². The molecule has 7 nitrogen and oxygen atoms in total.